The number of carbonyl (C=O) groups excluding carboxylic acids is 2. The Kier molecular flexibility index (Phi) is 4.10. The van der Waals surface area contributed by atoms with E-state index in [0.29, 0.717) is 29.8 Å². The van der Waals surface area contributed by atoms with Crippen LogP contribution < -0.4 is 5.32 Å². The average molecular weight is 308 g/mol. The molecule has 0 radical (unpaired) electrons. The smallest absolute Gasteiger partial charge is 0.230 e. The van der Waals surface area contributed by atoms with Crippen LogP contribution in [0.5, 0.6) is 0 Å². The van der Waals surface area contributed by atoms with Crippen molar-refractivity contribution in [2.45, 2.75) is 38.1 Å². The van der Waals surface area contributed by atoms with E-state index in [0.717, 1.165) is 12.8 Å². The molecule has 2 fully saturated rings. The zero-order valence-corrected chi connectivity index (χ0v) is 12.5. The Hall–Kier alpha value is -1.62. The Morgan fingerprint density at radius 3 is 2.76 bits per heavy atom. The number of rotatable bonds is 3. The molecule has 0 spiro atoms. The van der Waals surface area contributed by atoms with Crippen molar-refractivity contribution in [3.05, 3.63) is 23.4 Å². The van der Waals surface area contributed by atoms with Crippen LogP contribution in [-0.4, -0.2) is 34.3 Å². The predicted octanol–water partition coefficient (Wildman–Crippen LogP) is 2.46. The fourth-order valence-corrected chi connectivity index (χ4v) is 3.27. The summed E-state index contributed by atoms with van der Waals surface area (Å²) in [4.78, 5) is 30.3. The van der Waals surface area contributed by atoms with Gasteiger partial charge in [0.1, 0.15) is 5.82 Å². The lowest BCUT2D eigenvalue weighted by atomic mass is 10.1. The Bertz CT molecular complexity index is 540. The topological polar surface area (TPSA) is 62.3 Å². The van der Waals surface area contributed by atoms with Gasteiger partial charge in [0, 0.05) is 25.2 Å². The van der Waals surface area contributed by atoms with Gasteiger partial charge in [-0.15, -0.1) is 0 Å². The maximum absolute atomic E-state index is 12.2. The molecule has 2 aliphatic rings. The molecule has 2 heterocycles. The molecule has 1 N–H and O–H groups in total. The monoisotopic (exact) mass is 307 g/mol. The second-order valence-electron chi connectivity index (χ2n) is 5.74. The number of pyridine rings is 1. The third-order valence-electron chi connectivity index (χ3n) is 4.27. The van der Waals surface area contributed by atoms with Crippen LogP contribution in [0.3, 0.4) is 0 Å². The number of aromatic nitrogens is 1. The molecule has 1 aliphatic carbocycles. The fourth-order valence-electron chi connectivity index (χ4n) is 3.15. The van der Waals surface area contributed by atoms with Crippen molar-refractivity contribution in [3.63, 3.8) is 0 Å². The molecular weight excluding hydrogens is 290 g/mol. The highest BCUT2D eigenvalue weighted by atomic mass is 35.5. The van der Waals surface area contributed by atoms with Gasteiger partial charge in [0.25, 0.3) is 0 Å². The lowest BCUT2D eigenvalue weighted by molar-refractivity contribution is -0.129. The highest BCUT2D eigenvalue weighted by molar-refractivity contribution is 6.30. The van der Waals surface area contributed by atoms with Gasteiger partial charge in [0.15, 0.2) is 0 Å². The Labute approximate surface area is 128 Å². The molecule has 6 heteroatoms. The van der Waals surface area contributed by atoms with Crippen LogP contribution in [0.25, 0.3) is 0 Å². The molecule has 21 heavy (non-hydrogen) atoms. The first-order valence-corrected chi connectivity index (χ1v) is 7.73. The van der Waals surface area contributed by atoms with E-state index in [1.54, 1.807) is 12.1 Å². The van der Waals surface area contributed by atoms with Crippen LogP contribution in [0.1, 0.15) is 32.1 Å². The normalized spacial score (nSPS) is 22.8. The van der Waals surface area contributed by atoms with Crippen molar-refractivity contribution in [3.8, 4) is 0 Å². The van der Waals surface area contributed by atoms with E-state index >= 15 is 0 Å². The van der Waals surface area contributed by atoms with E-state index < -0.39 is 0 Å². The second-order valence-corrected chi connectivity index (χ2v) is 6.17. The summed E-state index contributed by atoms with van der Waals surface area (Å²) in [6, 6.07) is 3.67. The minimum Gasteiger partial charge on any atom is -0.339 e. The van der Waals surface area contributed by atoms with Crippen molar-refractivity contribution >= 4 is 29.2 Å². The van der Waals surface area contributed by atoms with Gasteiger partial charge in [-0.05, 0) is 25.0 Å². The zero-order chi connectivity index (χ0) is 14.8. The molecule has 0 bridgehead atoms. The van der Waals surface area contributed by atoms with Gasteiger partial charge in [-0.2, -0.15) is 0 Å². The molecule has 1 aromatic heterocycles. The first-order chi connectivity index (χ1) is 10.1. The quantitative estimate of drug-likeness (QED) is 0.933. The first-order valence-electron chi connectivity index (χ1n) is 7.35. The Balaban J connectivity index is 1.60. The summed E-state index contributed by atoms with van der Waals surface area (Å²) in [6.45, 7) is 0.531. The van der Waals surface area contributed by atoms with Crippen LogP contribution >= 0.6 is 11.6 Å². The minimum atomic E-state index is -0.282. The molecule has 1 aliphatic heterocycles. The third kappa shape index (κ3) is 3.18. The molecule has 1 saturated heterocycles. The SMILES string of the molecule is O=C(Nc1ccc(Cl)cn1)[C@@H]1CC(=O)N(C2CCCC2)C1. The van der Waals surface area contributed by atoms with Crippen LogP contribution in [0.15, 0.2) is 18.3 Å². The minimum absolute atomic E-state index is 0.103. The Morgan fingerprint density at radius 1 is 1.33 bits per heavy atom. The predicted molar refractivity (Wildman–Crippen MR) is 80.0 cm³/mol. The number of nitrogens with zero attached hydrogens (tertiary/aromatic N) is 2. The largest absolute Gasteiger partial charge is 0.339 e. The van der Waals surface area contributed by atoms with Crippen LogP contribution in [0.2, 0.25) is 5.02 Å². The number of nitrogens with one attached hydrogen (secondary N) is 1. The second kappa shape index (κ2) is 6.02. The number of likely N-dealkylation sites (tertiary alicyclic amines) is 1. The van der Waals surface area contributed by atoms with Crippen molar-refractivity contribution in [2.75, 3.05) is 11.9 Å². The first kappa shape index (κ1) is 14.3. The zero-order valence-electron chi connectivity index (χ0n) is 11.7. The molecule has 1 atom stereocenters. The van der Waals surface area contributed by atoms with Crippen LogP contribution in [0, 0.1) is 5.92 Å². The molecule has 112 valence electrons. The van der Waals surface area contributed by atoms with E-state index in [4.69, 9.17) is 11.6 Å². The molecule has 3 rings (SSSR count). The van der Waals surface area contributed by atoms with Crippen LogP contribution in [0.4, 0.5) is 5.82 Å². The summed E-state index contributed by atoms with van der Waals surface area (Å²) < 4.78 is 0. The number of carbonyl (C=O) groups is 2. The van der Waals surface area contributed by atoms with Gasteiger partial charge < -0.3 is 10.2 Å². The highest BCUT2D eigenvalue weighted by Crippen LogP contribution is 2.29. The lowest BCUT2D eigenvalue weighted by Gasteiger charge is -2.23. The van der Waals surface area contributed by atoms with Gasteiger partial charge in [-0.1, -0.05) is 24.4 Å². The van der Waals surface area contributed by atoms with Gasteiger partial charge in [0.2, 0.25) is 11.8 Å². The van der Waals surface area contributed by atoms with Crippen molar-refractivity contribution in [1.82, 2.24) is 9.88 Å². The number of hydrogen-bond donors (Lipinski definition) is 1. The summed E-state index contributed by atoms with van der Waals surface area (Å²) in [7, 11) is 0. The van der Waals surface area contributed by atoms with E-state index in [1.807, 2.05) is 4.90 Å². The van der Waals surface area contributed by atoms with E-state index in [-0.39, 0.29) is 17.7 Å². The number of hydrogen-bond acceptors (Lipinski definition) is 3. The number of anilines is 1. The molecule has 5 nitrogen and oxygen atoms in total. The molecule has 0 aromatic carbocycles. The molecule has 2 amide bonds. The number of amides is 2. The summed E-state index contributed by atoms with van der Waals surface area (Å²) >= 11 is 5.76. The third-order valence-corrected chi connectivity index (χ3v) is 4.50. The molecule has 1 saturated carbocycles. The summed E-state index contributed by atoms with van der Waals surface area (Å²) in [5, 5.41) is 3.28. The summed E-state index contributed by atoms with van der Waals surface area (Å²) in [5.41, 5.74) is 0. The molecule has 0 unspecified atom stereocenters. The highest BCUT2D eigenvalue weighted by Gasteiger charge is 2.38. The maximum atomic E-state index is 12.2. The Morgan fingerprint density at radius 2 is 2.10 bits per heavy atom. The van der Waals surface area contributed by atoms with Gasteiger partial charge in [-0.3, -0.25) is 9.59 Å². The fraction of sp³-hybridized carbons (Fsp3) is 0.533. The van der Waals surface area contributed by atoms with E-state index in [9.17, 15) is 9.59 Å². The van der Waals surface area contributed by atoms with Crippen LogP contribution in [-0.2, 0) is 9.59 Å². The van der Waals surface area contributed by atoms with Gasteiger partial charge >= 0.3 is 0 Å². The van der Waals surface area contributed by atoms with Crippen molar-refractivity contribution < 1.29 is 9.59 Å². The summed E-state index contributed by atoms with van der Waals surface area (Å²) in [5.74, 6) is 0.150. The van der Waals surface area contributed by atoms with Gasteiger partial charge in [-0.25, -0.2) is 4.98 Å². The summed E-state index contributed by atoms with van der Waals surface area (Å²) in [6.07, 6.45) is 6.29. The van der Waals surface area contributed by atoms with E-state index in [2.05, 4.69) is 10.3 Å². The van der Waals surface area contributed by atoms with Crippen molar-refractivity contribution in [2.24, 2.45) is 5.92 Å². The van der Waals surface area contributed by atoms with Crippen molar-refractivity contribution in [1.29, 1.82) is 0 Å². The standard InChI is InChI=1S/C15H18ClN3O2/c16-11-5-6-13(17-8-11)18-15(21)10-7-14(20)19(9-10)12-3-1-2-4-12/h5-6,8,10,12H,1-4,7,9H2,(H,17,18,21)/t10-/m1/s1. The number of halogens is 1. The maximum Gasteiger partial charge on any atom is 0.230 e. The average Bonchev–Trinajstić information content (AvgIpc) is 3.10. The van der Waals surface area contributed by atoms with E-state index in [1.165, 1.54) is 19.0 Å². The lowest BCUT2D eigenvalue weighted by Crippen LogP contribution is -2.35. The van der Waals surface area contributed by atoms with Gasteiger partial charge in [0.05, 0.1) is 10.9 Å². The molecule has 1 aromatic rings. The molecular formula is C15H18ClN3O2.